The maximum Gasteiger partial charge on any atom is 0.224 e. The van der Waals surface area contributed by atoms with Crippen LogP contribution in [-0.2, 0) is 11.3 Å². The molecule has 1 fully saturated rings. The van der Waals surface area contributed by atoms with E-state index in [0.717, 1.165) is 73.7 Å². The number of benzene rings is 2. The number of rotatable bonds is 9. The molecule has 2 aromatic carbocycles. The molecule has 6 heteroatoms. The van der Waals surface area contributed by atoms with Crippen LogP contribution in [0.5, 0.6) is 5.75 Å². The number of piperazine rings is 1. The Morgan fingerprint density at radius 3 is 2.64 bits per heavy atom. The Kier molecular flexibility index (Phi) is 7.92. The number of fused-ring (bicyclic) bond motifs is 1. The molecule has 1 amide bonds. The van der Waals surface area contributed by atoms with Crippen molar-refractivity contribution in [2.75, 3.05) is 44.6 Å². The summed E-state index contributed by atoms with van der Waals surface area (Å²) in [5.41, 5.74) is 4.13. The van der Waals surface area contributed by atoms with E-state index in [9.17, 15) is 4.79 Å². The topological polar surface area (TPSA) is 57.7 Å². The van der Waals surface area contributed by atoms with Crippen molar-refractivity contribution in [2.24, 2.45) is 0 Å². The van der Waals surface area contributed by atoms with E-state index >= 15 is 0 Å². The van der Waals surface area contributed by atoms with Crippen molar-refractivity contribution in [3.63, 3.8) is 0 Å². The van der Waals surface area contributed by atoms with Crippen LogP contribution in [-0.4, -0.2) is 60.0 Å². The Morgan fingerprint density at radius 2 is 1.82 bits per heavy atom. The summed E-state index contributed by atoms with van der Waals surface area (Å²) < 4.78 is 6.12. The number of anilines is 1. The lowest BCUT2D eigenvalue weighted by Crippen LogP contribution is -2.47. The average Bonchev–Trinajstić information content (AvgIpc) is 2.80. The monoisotopic (exact) mass is 446 g/mol. The van der Waals surface area contributed by atoms with E-state index in [1.165, 1.54) is 5.56 Å². The third-order valence-electron chi connectivity index (χ3n) is 6.06. The Labute approximate surface area is 196 Å². The molecule has 0 aliphatic carbocycles. The van der Waals surface area contributed by atoms with Crippen molar-refractivity contribution >= 4 is 22.5 Å². The largest absolute Gasteiger partial charge is 0.492 e. The first-order chi connectivity index (χ1) is 16.1. The number of nitrogens with zero attached hydrogens (tertiary/aromatic N) is 3. The van der Waals surface area contributed by atoms with Crippen LogP contribution in [0, 0.1) is 6.92 Å². The molecule has 0 bridgehead atoms. The van der Waals surface area contributed by atoms with Gasteiger partial charge in [0.05, 0.1) is 5.52 Å². The Balaban J connectivity index is 1.22. The van der Waals surface area contributed by atoms with Crippen molar-refractivity contribution in [3.8, 4) is 5.75 Å². The van der Waals surface area contributed by atoms with Crippen LogP contribution in [0.1, 0.15) is 31.0 Å². The van der Waals surface area contributed by atoms with Crippen molar-refractivity contribution in [1.29, 1.82) is 0 Å². The fourth-order valence-electron chi connectivity index (χ4n) is 4.27. The summed E-state index contributed by atoms with van der Waals surface area (Å²) in [5.74, 6) is 0.991. The zero-order valence-corrected chi connectivity index (χ0v) is 19.7. The molecule has 2 heterocycles. The predicted octanol–water partition coefficient (Wildman–Crippen LogP) is 4.48. The van der Waals surface area contributed by atoms with E-state index in [1.807, 2.05) is 50.2 Å². The third-order valence-corrected chi connectivity index (χ3v) is 6.06. The predicted molar refractivity (Wildman–Crippen MR) is 134 cm³/mol. The summed E-state index contributed by atoms with van der Waals surface area (Å²) in [6.45, 7) is 10.7. The minimum Gasteiger partial charge on any atom is -0.492 e. The maximum absolute atomic E-state index is 11.9. The Morgan fingerprint density at radius 1 is 1.03 bits per heavy atom. The van der Waals surface area contributed by atoms with Crippen LogP contribution in [0.25, 0.3) is 10.9 Å². The second-order valence-corrected chi connectivity index (χ2v) is 8.74. The molecule has 1 aliphatic heterocycles. The van der Waals surface area contributed by atoms with Gasteiger partial charge in [0.1, 0.15) is 12.4 Å². The van der Waals surface area contributed by atoms with Gasteiger partial charge in [-0.1, -0.05) is 25.1 Å². The van der Waals surface area contributed by atoms with Gasteiger partial charge in [-0.3, -0.25) is 19.6 Å². The highest BCUT2D eigenvalue weighted by Crippen LogP contribution is 2.24. The second kappa shape index (κ2) is 11.3. The van der Waals surface area contributed by atoms with Crippen molar-refractivity contribution in [1.82, 2.24) is 14.8 Å². The number of nitrogens with one attached hydrogen (secondary N) is 1. The molecule has 4 rings (SSSR count). The highest BCUT2D eigenvalue weighted by Gasteiger charge is 2.17. The minimum atomic E-state index is 0.0837. The van der Waals surface area contributed by atoms with Gasteiger partial charge in [-0.15, -0.1) is 0 Å². The van der Waals surface area contributed by atoms with Gasteiger partial charge in [-0.05, 0) is 55.3 Å². The van der Waals surface area contributed by atoms with Gasteiger partial charge in [-0.25, -0.2) is 0 Å². The number of aryl methyl sites for hydroxylation is 1. The Hall–Kier alpha value is -2.96. The maximum atomic E-state index is 11.9. The van der Waals surface area contributed by atoms with Crippen LogP contribution < -0.4 is 10.1 Å². The molecule has 33 heavy (non-hydrogen) atoms. The summed E-state index contributed by atoms with van der Waals surface area (Å²) in [4.78, 5) is 21.4. The Bertz CT molecular complexity index is 1080. The lowest BCUT2D eigenvalue weighted by atomic mass is 10.1. The van der Waals surface area contributed by atoms with Crippen molar-refractivity contribution in [2.45, 2.75) is 33.2 Å². The summed E-state index contributed by atoms with van der Waals surface area (Å²) in [7, 11) is 0. The molecule has 6 nitrogen and oxygen atoms in total. The summed E-state index contributed by atoms with van der Waals surface area (Å²) in [6.07, 6.45) is 1.42. The third kappa shape index (κ3) is 6.53. The van der Waals surface area contributed by atoms with Gasteiger partial charge >= 0.3 is 0 Å². The van der Waals surface area contributed by atoms with Crippen molar-refractivity contribution in [3.05, 3.63) is 65.9 Å². The first-order valence-electron chi connectivity index (χ1n) is 11.9. The highest BCUT2D eigenvalue weighted by molar-refractivity contribution is 5.90. The molecule has 0 atom stereocenters. The van der Waals surface area contributed by atoms with E-state index in [-0.39, 0.29) is 5.91 Å². The molecule has 3 aromatic rings. The van der Waals surface area contributed by atoms with Crippen LogP contribution >= 0.6 is 0 Å². The first kappa shape index (κ1) is 23.2. The summed E-state index contributed by atoms with van der Waals surface area (Å²) in [5, 5.41) is 4.06. The van der Waals surface area contributed by atoms with Crippen LogP contribution in [0.2, 0.25) is 0 Å². The first-order valence-corrected chi connectivity index (χ1v) is 11.9. The van der Waals surface area contributed by atoms with E-state index in [2.05, 4.69) is 38.3 Å². The van der Waals surface area contributed by atoms with Crippen molar-refractivity contribution < 1.29 is 9.53 Å². The van der Waals surface area contributed by atoms with Gasteiger partial charge in [-0.2, -0.15) is 0 Å². The SMILES string of the molecule is CCCC(=O)Nc1cccc(CN2CCN(CCOc3cccc4nc(C)ccc34)CC2)c1. The standard InChI is InChI=1S/C27H34N4O2/c1-3-6-27(32)29-23-8-4-7-22(19-23)20-31-15-13-30(14-16-31)17-18-33-26-10-5-9-25-24(26)12-11-21(2)28-25/h4-5,7-12,19H,3,6,13-18,20H2,1-2H3,(H,29,32). The lowest BCUT2D eigenvalue weighted by molar-refractivity contribution is -0.116. The van der Waals surface area contributed by atoms with Gasteiger partial charge in [0.25, 0.3) is 0 Å². The van der Waals surface area contributed by atoms with Gasteiger partial charge in [0, 0.05) is 62.5 Å². The van der Waals surface area contributed by atoms with E-state index < -0.39 is 0 Å². The van der Waals surface area contributed by atoms with E-state index in [0.29, 0.717) is 13.0 Å². The number of aromatic nitrogens is 1. The summed E-state index contributed by atoms with van der Waals surface area (Å²) >= 11 is 0. The molecule has 1 saturated heterocycles. The highest BCUT2D eigenvalue weighted by atomic mass is 16.5. The average molecular weight is 447 g/mol. The number of ether oxygens (including phenoxy) is 1. The molecular formula is C27H34N4O2. The number of pyridine rings is 1. The molecule has 1 aliphatic rings. The van der Waals surface area contributed by atoms with Crippen LogP contribution in [0.4, 0.5) is 5.69 Å². The molecule has 0 radical (unpaired) electrons. The van der Waals surface area contributed by atoms with Gasteiger partial charge in [0.15, 0.2) is 0 Å². The van der Waals surface area contributed by atoms with Crippen LogP contribution in [0.15, 0.2) is 54.6 Å². The molecule has 0 saturated carbocycles. The fraction of sp³-hybridized carbons (Fsp3) is 0.407. The van der Waals surface area contributed by atoms with Gasteiger partial charge < -0.3 is 10.1 Å². The molecule has 174 valence electrons. The quantitative estimate of drug-likeness (QED) is 0.525. The van der Waals surface area contributed by atoms with Gasteiger partial charge in [0.2, 0.25) is 5.91 Å². The lowest BCUT2D eigenvalue weighted by Gasteiger charge is -2.34. The number of carbonyl (C=O) groups is 1. The second-order valence-electron chi connectivity index (χ2n) is 8.74. The smallest absolute Gasteiger partial charge is 0.224 e. The molecule has 0 unspecified atom stereocenters. The fourth-order valence-corrected chi connectivity index (χ4v) is 4.27. The molecule has 1 aromatic heterocycles. The van der Waals surface area contributed by atoms with Crippen LogP contribution in [0.3, 0.4) is 0 Å². The number of carbonyl (C=O) groups excluding carboxylic acids is 1. The molecule has 1 N–H and O–H groups in total. The number of hydrogen-bond acceptors (Lipinski definition) is 5. The molecule has 0 spiro atoms. The van der Waals surface area contributed by atoms with E-state index in [4.69, 9.17) is 4.74 Å². The zero-order valence-electron chi connectivity index (χ0n) is 19.7. The molecular weight excluding hydrogens is 412 g/mol. The minimum absolute atomic E-state index is 0.0837. The normalized spacial score (nSPS) is 15.0. The zero-order chi connectivity index (χ0) is 23.0. The number of amides is 1. The van der Waals surface area contributed by atoms with E-state index in [1.54, 1.807) is 0 Å². The number of hydrogen-bond donors (Lipinski definition) is 1. The summed E-state index contributed by atoms with van der Waals surface area (Å²) in [6, 6.07) is 18.4.